The van der Waals surface area contributed by atoms with Gasteiger partial charge in [-0.2, -0.15) is 0 Å². The van der Waals surface area contributed by atoms with Gasteiger partial charge in [0.05, 0.1) is 54.9 Å². The minimum absolute atomic E-state index is 0.111. The Morgan fingerprint density at radius 1 is 0.831 bits per heavy atom. The van der Waals surface area contributed by atoms with Crippen LogP contribution < -0.4 is 15.5 Å². The van der Waals surface area contributed by atoms with Crippen LogP contribution in [0.4, 0.5) is 15.3 Å². The Labute approximate surface area is 340 Å². The number of ether oxygens (including phenoxy) is 2. The number of para-hydroxylation sites is 1. The molecule has 0 bridgehead atoms. The molecule has 14 nitrogen and oxygen atoms in total. The van der Waals surface area contributed by atoms with Crippen molar-refractivity contribution in [1.82, 2.24) is 35.5 Å². The molecule has 0 spiro atoms. The Morgan fingerprint density at radius 3 is 2.34 bits per heavy atom. The summed E-state index contributed by atoms with van der Waals surface area (Å²) in [4.78, 5) is 72.1. The SMILES string of the molecule is COC(=O)N[C@H]1CCc2cccc3c2N(C1=O)[C@H](c1nc2ccc(-c4ccc5cc(-c6cnc([C@@H]7CCCN7C(=O)[C@@H](NC(=O)OC)C(C)C)[nH]6)ccc5c4)cc2[nH]1)C3. The highest BCUT2D eigenvalue weighted by Gasteiger charge is 2.43. The molecule has 4 amide bonds. The van der Waals surface area contributed by atoms with Gasteiger partial charge in [0.1, 0.15) is 23.7 Å². The molecule has 9 rings (SSSR count). The standard InChI is InChI=1S/C45H46N8O6/c1-24(2)38(51-45(57)59-4)43(55)52-18-6-9-36(52)40-46-23-35(49-40)30-13-12-26-19-27(10-11-28(26)20-30)29-15-16-32-34(21-29)48-41(47-32)37-22-31-8-5-7-25-14-17-33(50-44(56)58-3)42(54)53(37)39(25)31/h5,7-8,10-13,15-16,19-21,23-24,33,36-38H,6,9,14,17-18,22H2,1-4H3,(H,46,49)(H,47,48)(H,50,56)(H,51,57)/t33-,36-,37-,38-/m0/s1. The number of methoxy groups -OCH3 is 2. The van der Waals surface area contributed by atoms with E-state index in [9.17, 15) is 19.2 Å². The Bertz CT molecular complexity index is 2630. The first kappa shape index (κ1) is 37.9. The number of nitrogens with one attached hydrogen (secondary N) is 4. The molecule has 1 fully saturated rings. The van der Waals surface area contributed by atoms with Crippen LogP contribution in [0.25, 0.3) is 44.2 Å². The van der Waals surface area contributed by atoms with E-state index < -0.39 is 24.3 Å². The maximum Gasteiger partial charge on any atom is 0.407 e. The van der Waals surface area contributed by atoms with Gasteiger partial charge in [-0.25, -0.2) is 19.6 Å². The molecular formula is C45H46N8O6. The summed E-state index contributed by atoms with van der Waals surface area (Å²) in [5.41, 5.74) is 8.69. The van der Waals surface area contributed by atoms with Gasteiger partial charge in [0, 0.05) is 18.5 Å². The molecular weight excluding hydrogens is 749 g/mol. The molecule has 4 N–H and O–H groups in total. The summed E-state index contributed by atoms with van der Waals surface area (Å²) in [7, 11) is 2.59. The topological polar surface area (TPSA) is 175 Å². The van der Waals surface area contributed by atoms with Crippen molar-refractivity contribution in [3.8, 4) is 22.4 Å². The zero-order chi connectivity index (χ0) is 40.9. The lowest BCUT2D eigenvalue weighted by Gasteiger charge is -2.30. The number of nitrogens with zero attached hydrogens (tertiary/aromatic N) is 4. The number of carbonyl (C=O) groups excluding carboxylic acids is 4. The highest BCUT2D eigenvalue weighted by Crippen LogP contribution is 2.45. The number of likely N-dealkylation sites (tertiary alicyclic amines) is 1. The highest BCUT2D eigenvalue weighted by atomic mass is 16.5. The van der Waals surface area contributed by atoms with E-state index >= 15 is 0 Å². The number of anilines is 1. The van der Waals surface area contributed by atoms with Crippen LogP contribution in [-0.2, 0) is 31.9 Å². The first-order chi connectivity index (χ1) is 28.6. The summed E-state index contributed by atoms with van der Waals surface area (Å²) in [6.45, 7) is 4.39. The molecule has 5 heterocycles. The molecule has 3 aliphatic heterocycles. The predicted octanol–water partition coefficient (Wildman–Crippen LogP) is 7.12. The van der Waals surface area contributed by atoms with Crippen molar-refractivity contribution >= 4 is 51.5 Å². The second-order valence-electron chi connectivity index (χ2n) is 15.9. The fraction of sp³-hybridized carbons (Fsp3) is 0.333. The normalized spacial score (nSPS) is 19.2. The van der Waals surface area contributed by atoms with Gasteiger partial charge in [-0.1, -0.05) is 62.4 Å². The quantitative estimate of drug-likeness (QED) is 0.126. The van der Waals surface area contributed by atoms with Gasteiger partial charge in [-0.3, -0.25) is 14.5 Å². The van der Waals surface area contributed by atoms with Crippen LogP contribution >= 0.6 is 0 Å². The molecule has 0 saturated carbocycles. The molecule has 2 aromatic heterocycles. The zero-order valence-corrected chi connectivity index (χ0v) is 33.4. The molecule has 0 unspecified atom stereocenters. The number of aromatic nitrogens is 4. The smallest absolute Gasteiger partial charge is 0.407 e. The number of H-pyrrole nitrogens is 2. The van der Waals surface area contributed by atoms with E-state index in [2.05, 4.69) is 81.3 Å². The van der Waals surface area contributed by atoms with Gasteiger partial charge < -0.3 is 35.0 Å². The minimum Gasteiger partial charge on any atom is -0.453 e. The van der Waals surface area contributed by atoms with Gasteiger partial charge in [-0.05, 0) is 88.9 Å². The van der Waals surface area contributed by atoms with Crippen molar-refractivity contribution < 1.29 is 28.7 Å². The molecule has 4 aromatic carbocycles. The number of aryl methyl sites for hydroxylation is 1. The van der Waals surface area contributed by atoms with Gasteiger partial charge in [-0.15, -0.1) is 0 Å². The number of aromatic amines is 2. The maximum absolute atomic E-state index is 14.0. The second-order valence-corrected chi connectivity index (χ2v) is 15.9. The van der Waals surface area contributed by atoms with E-state index in [1.54, 1.807) is 0 Å². The van der Waals surface area contributed by atoms with Crippen molar-refractivity contribution in [3.63, 3.8) is 0 Å². The van der Waals surface area contributed by atoms with Crippen LogP contribution in [0.3, 0.4) is 0 Å². The van der Waals surface area contributed by atoms with E-state index in [4.69, 9.17) is 19.4 Å². The average Bonchev–Trinajstić information content (AvgIpc) is 4.07. The Kier molecular flexibility index (Phi) is 9.77. The fourth-order valence-corrected chi connectivity index (χ4v) is 8.99. The van der Waals surface area contributed by atoms with Crippen LogP contribution in [0.5, 0.6) is 0 Å². The number of alkyl carbamates (subject to hydrolysis) is 2. The first-order valence-corrected chi connectivity index (χ1v) is 20.1. The molecule has 302 valence electrons. The lowest BCUT2D eigenvalue weighted by molar-refractivity contribution is -0.135. The average molecular weight is 795 g/mol. The summed E-state index contributed by atoms with van der Waals surface area (Å²) in [6, 6.07) is 23.1. The van der Waals surface area contributed by atoms with Crippen LogP contribution in [0, 0.1) is 5.92 Å². The van der Waals surface area contributed by atoms with Crippen LogP contribution in [0.15, 0.2) is 79.0 Å². The van der Waals surface area contributed by atoms with E-state index in [1.165, 1.54) is 14.2 Å². The van der Waals surface area contributed by atoms with Gasteiger partial charge in [0.2, 0.25) is 11.8 Å². The van der Waals surface area contributed by atoms with Gasteiger partial charge >= 0.3 is 12.2 Å². The van der Waals surface area contributed by atoms with Crippen molar-refractivity contribution in [2.45, 2.75) is 70.1 Å². The van der Waals surface area contributed by atoms with Crippen molar-refractivity contribution in [1.29, 1.82) is 0 Å². The highest BCUT2D eigenvalue weighted by molar-refractivity contribution is 6.02. The third-order valence-corrected chi connectivity index (χ3v) is 12.0. The zero-order valence-electron chi connectivity index (χ0n) is 33.4. The lowest BCUT2D eigenvalue weighted by atomic mass is 9.99. The molecule has 59 heavy (non-hydrogen) atoms. The molecule has 4 atom stereocenters. The molecule has 1 saturated heterocycles. The van der Waals surface area contributed by atoms with Crippen LogP contribution in [-0.4, -0.2) is 81.7 Å². The maximum atomic E-state index is 14.0. The van der Waals surface area contributed by atoms with E-state index in [0.29, 0.717) is 31.6 Å². The Hall–Kier alpha value is -6.70. The third-order valence-electron chi connectivity index (χ3n) is 12.0. The largest absolute Gasteiger partial charge is 0.453 e. The Balaban J connectivity index is 0.942. The second kappa shape index (κ2) is 15.2. The number of hydrogen-bond donors (Lipinski definition) is 4. The molecule has 14 heteroatoms. The number of amides is 4. The van der Waals surface area contributed by atoms with Gasteiger partial charge in [0.15, 0.2) is 0 Å². The van der Waals surface area contributed by atoms with Crippen LogP contribution in [0.1, 0.15) is 68.0 Å². The van der Waals surface area contributed by atoms with Gasteiger partial charge in [0.25, 0.3) is 0 Å². The Morgan fingerprint density at radius 2 is 1.56 bits per heavy atom. The molecule has 0 radical (unpaired) electrons. The molecule has 3 aliphatic rings. The number of benzene rings is 4. The number of rotatable bonds is 8. The van der Waals surface area contributed by atoms with Crippen LogP contribution in [0.2, 0.25) is 0 Å². The summed E-state index contributed by atoms with van der Waals surface area (Å²) in [5, 5.41) is 7.60. The summed E-state index contributed by atoms with van der Waals surface area (Å²) in [5.74, 6) is 0.994. The predicted molar refractivity (Wildman–Crippen MR) is 222 cm³/mol. The monoisotopic (exact) mass is 794 g/mol. The third kappa shape index (κ3) is 6.91. The summed E-state index contributed by atoms with van der Waals surface area (Å²) >= 11 is 0. The van der Waals surface area contributed by atoms with E-state index in [-0.39, 0.29) is 29.8 Å². The van der Waals surface area contributed by atoms with E-state index in [0.717, 1.165) is 79.7 Å². The lowest BCUT2D eigenvalue weighted by Crippen LogP contribution is -2.51. The summed E-state index contributed by atoms with van der Waals surface area (Å²) in [6.07, 6.45) is 3.94. The molecule has 0 aliphatic carbocycles. The van der Waals surface area contributed by atoms with Crippen molar-refractivity contribution in [3.05, 3.63) is 102 Å². The number of fused-ring (bicyclic) bond motifs is 2. The van der Waals surface area contributed by atoms with Crippen molar-refractivity contribution in [2.75, 3.05) is 25.7 Å². The summed E-state index contributed by atoms with van der Waals surface area (Å²) < 4.78 is 9.60. The number of hydrogen-bond acceptors (Lipinski definition) is 8. The van der Waals surface area contributed by atoms with Crippen molar-refractivity contribution in [2.24, 2.45) is 5.92 Å². The minimum atomic E-state index is -0.706. The molecule has 6 aromatic rings. The number of carbonyl (C=O) groups is 4. The number of imidazole rings is 2. The first-order valence-electron chi connectivity index (χ1n) is 20.1. The van der Waals surface area contributed by atoms with E-state index in [1.807, 2.05) is 42.0 Å². The fourth-order valence-electron chi connectivity index (χ4n) is 8.99.